The molecule has 0 aliphatic carbocycles. The minimum absolute atomic E-state index is 0.937. The quantitative estimate of drug-likeness (QED) is 0.654. The van der Waals surface area contributed by atoms with Crippen LogP contribution < -0.4 is 0 Å². The SMILES string of the molecule is CC[N](CC)[Sn]([CH3])[CH3]. The summed E-state index contributed by atoms with van der Waals surface area (Å²) in [5.74, 6) is 0. The van der Waals surface area contributed by atoms with Crippen LogP contribution >= 0.6 is 0 Å². The van der Waals surface area contributed by atoms with Crippen molar-refractivity contribution in [2.24, 2.45) is 0 Å². The second kappa shape index (κ2) is 4.62. The first kappa shape index (κ1) is 8.76. The molecule has 49 valence electrons. The van der Waals surface area contributed by atoms with Gasteiger partial charge in [0.2, 0.25) is 0 Å². The van der Waals surface area contributed by atoms with Gasteiger partial charge in [-0.15, -0.1) is 0 Å². The molecular formula is C6H16NSn. The van der Waals surface area contributed by atoms with Crippen LogP contribution in [0.3, 0.4) is 0 Å². The summed E-state index contributed by atoms with van der Waals surface area (Å²) in [5.41, 5.74) is 0. The van der Waals surface area contributed by atoms with Crippen LogP contribution in [0, 0.1) is 0 Å². The Balaban J connectivity index is 3.35. The van der Waals surface area contributed by atoms with E-state index in [1.54, 1.807) is 0 Å². The van der Waals surface area contributed by atoms with Gasteiger partial charge in [-0.25, -0.2) is 0 Å². The number of nitrogens with zero attached hydrogens (tertiary/aromatic N) is 1. The van der Waals surface area contributed by atoms with Crippen LogP contribution in [0.2, 0.25) is 9.88 Å². The van der Waals surface area contributed by atoms with E-state index >= 15 is 0 Å². The van der Waals surface area contributed by atoms with E-state index in [-0.39, 0.29) is 0 Å². The van der Waals surface area contributed by atoms with Crippen molar-refractivity contribution < 1.29 is 0 Å². The monoisotopic (exact) mass is 222 g/mol. The Hall–Kier alpha value is 0.759. The van der Waals surface area contributed by atoms with E-state index in [1.165, 1.54) is 13.1 Å². The van der Waals surface area contributed by atoms with Crippen LogP contribution in [-0.2, 0) is 0 Å². The first-order chi connectivity index (χ1) is 3.72. The summed E-state index contributed by atoms with van der Waals surface area (Å²) >= 11 is -0.937. The molecular weight excluding hydrogens is 205 g/mol. The van der Waals surface area contributed by atoms with Gasteiger partial charge in [0, 0.05) is 0 Å². The van der Waals surface area contributed by atoms with Crippen LogP contribution in [0.15, 0.2) is 0 Å². The second-order valence-electron chi connectivity index (χ2n) is 2.12. The predicted molar refractivity (Wildman–Crippen MR) is 40.4 cm³/mol. The molecule has 0 aliphatic rings. The summed E-state index contributed by atoms with van der Waals surface area (Å²) < 4.78 is 2.61. The minimum atomic E-state index is -0.937. The van der Waals surface area contributed by atoms with Crippen molar-refractivity contribution in [2.45, 2.75) is 23.7 Å². The molecule has 0 unspecified atom stereocenters. The standard InChI is InChI=1S/C4H10N.2CH3.Sn/c1-3-5-4-2;;;/h3-4H2,1-2H3;2*1H3;/q-1;;;+1. The third kappa shape index (κ3) is 2.92. The van der Waals surface area contributed by atoms with Crippen LogP contribution in [0.4, 0.5) is 0 Å². The van der Waals surface area contributed by atoms with E-state index in [2.05, 4.69) is 26.8 Å². The average molecular weight is 221 g/mol. The fraction of sp³-hybridized carbons (Fsp3) is 1.00. The molecule has 0 spiro atoms. The number of rotatable bonds is 3. The zero-order chi connectivity index (χ0) is 6.57. The molecule has 0 aromatic carbocycles. The number of hydrogen-bond acceptors (Lipinski definition) is 1. The molecule has 0 aromatic rings. The van der Waals surface area contributed by atoms with E-state index in [0.29, 0.717) is 0 Å². The van der Waals surface area contributed by atoms with E-state index in [0.717, 1.165) is 0 Å². The van der Waals surface area contributed by atoms with Crippen LogP contribution in [0.1, 0.15) is 13.8 Å². The van der Waals surface area contributed by atoms with E-state index in [4.69, 9.17) is 0 Å². The fourth-order valence-corrected chi connectivity index (χ4v) is 4.47. The molecule has 0 aliphatic heterocycles. The molecule has 0 fully saturated rings. The zero-order valence-corrected chi connectivity index (χ0v) is 9.22. The van der Waals surface area contributed by atoms with Gasteiger partial charge in [-0.05, 0) is 0 Å². The van der Waals surface area contributed by atoms with Gasteiger partial charge in [-0.2, -0.15) is 0 Å². The van der Waals surface area contributed by atoms with Crippen molar-refractivity contribution in [1.29, 1.82) is 0 Å². The topological polar surface area (TPSA) is 3.24 Å². The summed E-state index contributed by atoms with van der Waals surface area (Å²) in [5, 5.41) is 0. The third-order valence-electron chi connectivity index (χ3n) is 1.40. The normalized spacial score (nSPS) is 11.2. The van der Waals surface area contributed by atoms with Gasteiger partial charge in [-0.1, -0.05) is 0 Å². The van der Waals surface area contributed by atoms with Gasteiger partial charge < -0.3 is 0 Å². The first-order valence-electron chi connectivity index (χ1n) is 3.27. The summed E-state index contributed by atoms with van der Waals surface area (Å²) in [6.07, 6.45) is 0. The fourth-order valence-electron chi connectivity index (χ4n) is 0.856. The van der Waals surface area contributed by atoms with Crippen molar-refractivity contribution >= 4 is 20.0 Å². The molecule has 0 saturated carbocycles. The molecule has 0 rings (SSSR count). The second-order valence-corrected chi connectivity index (χ2v) is 9.33. The van der Waals surface area contributed by atoms with Gasteiger partial charge in [0.1, 0.15) is 0 Å². The Bertz CT molecular complexity index is 50.5. The molecule has 1 radical (unpaired) electrons. The maximum atomic E-state index is 2.61. The number of hydrogen-bond donors (Lipinski definition) is 0. The van der Waals surface area contributed by atoms with Crippen molar-refractivity contribution in [2.75, 3.05) is 13.1 Å². The molecule has 0 aromatic heterocycles. The van der Waals surface area contributed by atoms with Crippen molar-refractivity contribution in [3.63, 3.8) is 0 Å². The Labute approximate surface area is 60.2 Å². The average Bonchev–Trinajstić information content (AvgIpc) is 1.69. The Morgan fingerprint density at radius 3 is 1.50 bits per heavy atom. The molecule has 0 saturated heterocycles. The van der Waals surface area contributed by atoms with Gasteiger partial charge in [0.05, 0.1) is 0 Å². The predicted octanol–water partition coefficient (Wildman–Crippen LogP) is 1.58. The molecule has 0 amide bonds. The van der Waals surface area contributed by atoms with Crippen LogP contribution in [0.5, 0.6) is 0 Å². The van der Waals surface area contributed by atoms with Crippen LogP contribution in [0.25, 0.3) is 0 Å². The summed E-state index contributed by atoms with van der Waals surface area (Å²) in [4.78, 5) is 4.85. The van der Waals surface area contributed by atoms with Crippen molar-refractivity contribution in [3.8, 4) is 0 Å². The van der Waals surface area contributed by atoms with Gasteiger partial charge in [0.15, 0.2) is 0 Å². The first-order valence-corrected chi connectivity index (χ1v) is 10.3. The Kier molecular flexibility index (Phi) is 5.06. The van der Waals surface area contributed by atoms with Gasteiger partial charge in [0.25, 0.3) is 0 Å². The van der Waals surface area contributed by atoms with Crippen molar-refractivity contribution in [1.82, 2.24) is 3.12 Å². The van der Waals surface area contributed by atoms with Gasteiger partial charge in [-0.3, -0.25) is 0 Å². The third-order valence-corrected chi connectivity index (χ3v) is 6.81. The summed E-state index contributed by atoms with van der Waals surface area (Å²) in [6, 6.07) is 0. The molecule has 1 nitrogen and oxygen atoms in total. The molecule has 0 N–H and O–H groups in total. The van der Waals surface area contributed by atoms with E-state index in [9.17, 15) is 0 Å². The van der Waals surface area contributed by atoms with Gasteiger partial charge >= 0.3 is 60.0 Å². The molecule has 8 heavy (non-hydrogen) atoms. The summed E-state index contributed by atoms with van der Waals surface area (Å²) in [6.45, 7) is 7.02. The Morgan fingerprint density at radius 1 is 1.12 bits per heavy atom. The molecule has 2 heteroatoms. The molecule has 0 atom stereocenters. The maximum absolute atomic E-state index is 2.61. The van der Waals surface area contributed by atoms with Crippen LogP contribution in [-0.4, -0.2) is 36.2 Å². The summed E-state index contributed by atoms with van der Waals surface area (Å²) in [7, 11) is 0. The van der Waals surface area contributed by atoms with E-state index in [1.807, 2.05) is 0 Å². The van der Waals surface area contributed by atoms with E-state index < -0.39 is 20.0 Å². The molecule has 0 heterocycles. The van der Waals surface area contributed by atoms with Crippen molar-refractivity contribution in [3.05, 3.63) is 0 Å². The zero-order valence-electron chi connectivity index (χ0n) is 6.36. The molecule has 0 bridgehead atoms. The Morgan fingerprint density at radius 2 is 1.50 bits per heavy atom.